The Hall–Kier alpha value is -2.34. The van der Waals surface area contributed by atoms with E-state index in [1.165, 1.54) is 0 Å². The maximum atomic E-state index is 11.6. The molecule has 0 radical (unpaired) electrons. The summed E-state index contributed by atoms with van der Waals surface area (Å²) in [6, 6.07) is 7.55. The largest absolute Gasteiger partial charge is 0.508 e. The maximum absolute atomic E-state index is 11.6. The summed E-state index contributed by atoms with van der Waals surface area (Å²) < 4.78 is 0. The molecule has 1 aliphatic heterocycles. The summed E-state index contributed by atoms with van der Waals surface area (Å²) in [5, 5.41) is 20.9. The Morgan fingerprint density at radius 1 is 1.24 bits per heavy atom. The highest BCUT2D eigenvalue weighted by Gasteiger charge is 2.45. The van der Waals surface area contributed by atoms with Crippen molar-refractivity contribution in [3.63, 3.8) is 0 Å². The van der Waals surface area contributed by atoms with Crippen LogP contribution in [0, 0.1) is 5.41 Å². The van der Waals surface area contributed by atoms with E-state index in [9.17, 15) is 14.7 Å². The predicted molar refractivity (Wildman–Crippen MR) is 93.0 cm³/mol. The second-order valence-corrected chi connectivity index (χ2v) is 7.23. The number of hydrogen-bond acceptors (Lipinski definition) is 4. The number of aromatic hydroxyl groups is 1. The molecule has 1 aromatic carbocycles. The molecule has 3 N–H and O–H groups in total. The van der Waals surface area contributed by atoms with Gasteiger partial charge in [-0.3, -0.25) is 9.69 Å². The minimum absolute atomic E-state index is 0.156. The van der Waals surface area contributed by atoms with E-state index >= 15 is 0 Å². The first kappa shape index (κ1) is 17.5. The quantitative estimate of drug-likeness (QED) is 0.710. The number of benzene rings is 1. The van der Waals surface area contributed by atoms with E-state index in [0.717, 1.165) is 63.0 Å². The zero-order valence-electron chi connectivity index (χ0n) is 14.1. The van der Waals surface area contributed by atoms with Crippen molar-refractivity contribution in [2.45, 2.75) is 38.3 Å². The van der Waals surface area contributed by atoms with E-state index in [1.807, 2.05) is 18.2 Å². The number of likely N-dealkylation sites (tertiary alicyclic amines) is 1. The summed E-state index contributed by atoms with van der Waals surface area (Å²) in [5.41, 5.74) is 1.45. The van der Waals surface area contributed by atoms with Crippen LogP contribution in [0.3, 0.4) is 0 Å². The van der Waals surface area contributed by atoms with Crippen LogP contribution in [0.5, 0.6) is 5.75 Å². The van der Waals surface area contributed by atoms with E-state index in [2.05, 4.69) is 10.2 Å². The zero-order valence-corrected chi connectivity index (χ0v) is 14.1. The number of carbonyl (C=O) groups excluding carboxylic acids is 1. The van der Waals surface area contributed by atoms with Crippen molar-refractivity contribution in [2.24, 2.45) is 5.41 Å². The van der Waals surface area contributed by atoms with E-state index in [4.69, 9.17) is 5.11 Å². The van der Waals surface area contributed by atoms with Crippen molar-refractivity contribution < 1.29 is 19.8 Å². The SMILES string of the molecule is O=C(O)/C=C\C(=O)NC1CC2(CCN(Cc3cccc(O)c3)CC2)C1. The summed E-state index contributed by atoms with van der Waals surface area (Å²) in [6.07, 6.45) is 6.11. The molecule has 1 spiro atoms. The van der Waals surface area contributed by atoms with Crippen LogP contribution in [-0.2, 0) is 16.1 Å². The fourth-order valence-electron chi connectivity index (χ4n) is 3.99. The Kier molecular flexibility index (Phi) is 5.08. The van der Waals surface area contributed by atoms with Crippen molar-refractivity contribution in [1.82, 2.24) is 10.2 Å². The number of amides is 1. The van der Waals surface area contributed by atoms with Crippen LogP contribution in [0.4, 0.5) is 0 Å². The standard InChI is InChI=1S/C19H24N2O4/c22-16-3-1-2-14(10-16)13-21-8-6-19(7-9-21)11-15(12-19)20-17(23)4-5-18(24)25/h1-5,10,15,22H,6-9,11-13H2,(H,20,23)(H,24,25)/b5-4-. The molecule has 0 aromatic heterocycles. The molecule has 1 aromatic rings. The van der Waals surface area contributed by atoms with Gasteiger partial charge in [-0.1, -0.05) is 12.1 Å². The van der Waals surface area contributed by atoms with Gasteiger partial charge in [0.2, 0.25) is 5.91 Å². The normalized spacial score (nSPS) is 20.5. The topological polar surface area (TPSA) is 89.9 Å². The lowest BCUT2D eigenvalue weighted by Crippen LogP contribution is -2.54. The number of rotatable bonds is 5. The number of phenolic OH excluding ortho intramolecular Hbond substituents is 1. The first-order chi connectivity index (χ1) is 11.9. The third-order valence-electron chi connectivity index (χ3n) is 5.32. The lowest BCUT2D eigenvalue weighted by Gasteiger charge is -2.52. The second kappa shape index (κ2) is 7.27. The van der Waals surface area contributed by atoms with Gasteiger partial charge in [0.15, 0.2) is 0 Å². The van der Waals surface area contributed by atoms with Crippen LogP contribution in [0.1, 0.15) is 31.2 Å². The van der Waals surface area contributed by atoms with Gasteiger partial charge in [0, 0.05) is 24.7 Å². The lowest BCUT2D eigenvalue weighted by molar-refractivity contribution is -0.131. The van der Waals surface area contributed by atoms with Gasteiger partial charge in [0.1, 0.15) is 5.75 Å². The van der Waals surface area contributed by atoms with Gasteiger partial charge in [0.05, 0.1) is 0 Å². The van der Waals surface area contributed by atoms with Gasteiger partial charge in [-0.25, -0.2) is 4.79 Å². The van der Waals surface area contributed by atoms with E-state index in [1.54, 1.807) is 6.07 Å². The van der Waals surface area contributed by atoms with Crippen molar-refractivity contribution in [3.05, 3.63) is 42.0 Å². The first-order valence-electron chi connectivity index (χ1n) is 8.66. The minimum atomic E-state index is -1.11. The van der Waals surface area contributed by atoms with Gasteiger partial charge >= 0.3 is 5.97 Å². The Labute approximate surface area is 147 Å². The number of carboxylic acids is 1. The molecule has 6 nitrogen and oxygen atoms in total. The molecule has 1 heterocycles. The molecule has 1 aliphatic carbocycles. The van der Waals surface area contributed by atoms with Gasteiger partial charge in [0.25, 0.3) is 0 Å². The van der Waals surface area contributed by atoms with Gasteiger partial charge in [-0.05, 0) is 61.9 Å². The molecule has 6 heteroatoms. The molecular formula is C19H24N2O4. The Morgan fingerprint density at radius 2 is 1.96 bits per heavy atom. The Bertz CT molecular complexity index is 670. The van der Waals surface area contributed by atoms with E-state index < -0.39 is 5.97 Å². The number of nitrogens with one attached hydrogen (secondary N) is 1. The van der Waals surface area contributed by atoms with Crippen LogP contribution in [-0.4, -0.2) is 46.1 Å². The third kappa shape index (κ3) is 4.60. The molecule has 1 amide bonds. The molecule has 2 fully saturated rings. The summed E-state index contributed by atoms with van der Waals surface area (Å²) in [6.45, 7) is 2.90. The summed E-state index contributed by atoms with van der Waals surface area (Å²) in [4.78, 5) is 24.4. The second-order valence-electron chi connectivity index (χ2n) is 7.23. The Morgan fingerprint density at radius 3 is 2.60 bits per heavy atom. The molecule has 0 bridgehead atoms. The predicted octanol–water partition coefficient (Wildman–Crippen LogP) is 1.89. The number of aliphatic carboxylic acids is 1. The van der Waals surface area contributed by atoms with Crippen LogP contribution < -0.4 is 5.32 Å². The molecule has 0 atom stereocenters. The fourth-order valence-corrected chi connectivity index (χ4v) is 3.99. The molecule has 0 unspecified atom stereocenters. The number of piperidine rings is 1. The third-order valence-corrected chi connectivity index (χ3v) is 5.32. The van der Waals surface area contributed by atoms with Crippen molar-refractivity contribution in [3.8, 4) is 5.75 Å². The molecule has 25 heavy (non-hydrogen) atoms. The maximum Gasteiger partial charge on any atom is 0.328 e. The van der Waals surface area contributed by atoms with E-state index in [-0.39, 0.29) is 11.9 Å². The van der Waals surface area contributed by atoms with Crippen molar-refractivity contribution in [1.29, 1.82) is 0 Å². The zero-order chi connectivity index (χ0) is 17.9. The van der Waals surface area contributed by atoms with Crippen molar-refractivity contribution >= 4 is 11.9 Å². The molecule has 1 saturated heterocycles. The number of phenols is 1. The average molecular weight is 344 g/mol. The molecular weight excluding hydrogens is 320 g/mol. The highest BCUT2D eigenvalue weighted by molar-refractivity contribution is 5.94. The van der Waals surface area contributed by atoms with Crippen LogP contribution in [0.25, 0.3) is 0 Å². The summed E-state index contributed by atoms with van der Waals surface area (Å²) >= 11 is 0. The monoisotopic (exact) mass is 344 g/mol. The summed E-state index contributed by atoms with van der Waals surface area (Å²) in [7, 11) is 0. The van der Waals surface area contributed by atoms with Crippen LogP contribution in [0.2, 0.25) is 0 Å². The number of hydrogen-bond donors (Lipinski definition) is 3. The molecule has 2 aliphatic rings. The number of carbonyl (C=O) groups is 2. The number of nitrogens with zero attached hydrogens (tertiary/aromatic N) is 1. The highest BCUT2D eigenvalue weighted by Crippen LogP contribution is 2.49. The smallest absolute Gasteiger partial charge is 0.328 e. The van der Waals surface area contributed by atoms with Gasteiger partial charge < -0.3 is 15.5 Å². The average Bonchev–Trinajstić information content (AvgIpc) is 2.53. The summed E-state index contributed by atoms with van der Waals surface area (Å²) in [5.74, 6) is -1.14. The Balaban J connectivity index is 1.41. The molecule has 3 rings (SSSR count). The molecule has 1 saturated carbocycles. The van der Waals surface area contributed by atoms with E-state index in [0.29, 0.717) is 11.2 Å². The van der Waals surface area contributed by atoms with Crippen molar-refractivity contribution in [2.75, 3.05) is 13.1 Å². The minimum Gasteiger partial charge on any atom is -0.508 e. The lowest BCUT2D eigenvalue weighted by atomic mass is 9.60. The van der Waals surface area contributed by atoms with Gasteiger partial charge in [-0.15, -0.1) is 0 Å². The van der Waals surface area contributed by atoms with Gasteiger partial charge in [-0.2, -0.15) is 0 Å². The number of carboxylic acid groups (broad SMARTS) is 1. The highest BCUT2D eigenvalue weighted by atomic mass is 16.4. The van der Waals surface area contributed by atoms with Crippen LogP contribution >= 0.6 is 0 Å². The fraction of sp³-hybridized carbons (Fsp3) is 0.474. The molecule has 134 valence electrons. The first-order valence-corrected chi connectivity index (χ1v) is 8.66. The van der Waals surface area contributed by atoms with Crippen LogP contribution in [0.15, 0.2) is 36.4 Å².